The molecule has 5 nitrogen and oxygen atoms in total. The first-order valence-electron chi connectivity index (χ1n) is 8.47. The molecule has 0 radical (unpaired) electrons. The first kappa shape index (κ1) is 20.5. The molecule has 0 aliphatic rings. The highest BCUT2D eigenvalue weighted by molar-refractivity contribution is 5.95. The maximum Gasteiger partial charge on any atom is 0.238 e. The second-order valence-corrected chi connectivity index (χ2v) is 6.64. The number of anilines is 2. The molecule has 2 N–H and O–H groups in total. The average molecular weight is 375 g/mol. The minimum Gasteiger partial charge on any atom is -0.324 e. The fourth-order valence-corrected chi connectivity index (χ4v) is 2.90. The zero-order valence-electron chi connectivity index (χ0n) is 15.8. The third-order valence-corrected chi connectivity index (χ3v) is 4.00. The molecule has 2 rings (SSSR count). The van der Waals surface area contributed by atoms with E-state index >= 15 is 0 Å². The van der Waals surface area contributed by atoms with Gasteiger partial charge in [0.15, 0.2) is 0 Å². The van der Waals surface area contributed by atoms with Crippen molar-refractivity contribution < 1.29 is 18.4 Å². The summed E-state index contributed by atoms with van der Waals surface area (Å²) in [5, 5.41) is 5.04. The lowest BCUT2D eigenvalue weighted by molar-refractivity contribution is -0.119. The molecule has 0 atom stereocenters. The lowest BCUT2D eigenvalue weighted by Crippen LogP contribution is -2.36. The van der Waals surface area contributed by atoms with Gasteiger partial charge in [-0.1, -0.05) is 23.8 Å². The number of halogens is 2. The van der Waals surface area contributed by atoms with Crippen LogP contribution in [0.4, 0.5) is 20.2 Å². The van der Waals surface area contributed by atoms with Gasteiger partial charge in [0.1, 0.15) is 17.3 Å². The highest BCUT2D eigenvalue weighted by atomic mass is 19.1. The van der Waals surface area contributed by atoms with Crippen LogP contribution in [0.15, 0.2) is 30.3 Å². The Morgan fingerprint density at radius 3 is 1.81 bits per heavy atom. The molecule has 2 aromatic rings. The molecule has 0 fully saturated rings. The van der Waals surface area contributed by atoms with E-state index in [1.807, 2.05) is 32.9 Å². The summed E-state index contributed by atoms with van der Waals surface area (Å²) in [6.07, 6.45) is 0. The van der Waals surface area contributed by atoms with Crippen LogP contribution < -0.4 is 10.6 Å². The molecule has 7 heteroatoms. The largest absolute Gasteiger partial charge is 0.324 e. The van der Waals surface area contributed by atoms with E-state index in [1.54, 1.807) is 7.05 Å². The minimum atomic E-state index is -0.853. The number of para-hydroxylation sites is 1. The molecular weight excluding hydrogens is 352 g/mol. The second kappa shape index (κ2) is 8.73. The van der Waals surface area contributed by atoms with Gasteiger partial charge in [-0.05, 0) is 51.1 Å². The highest BCUT2D eigenvalue weighted by Crippen LogP contribution is 2.22. The van der Waals surface area contributed by atoms with Crippen molar-refractivity contribution in [3.63, 3.8) is 0 Å². The van der Waals surface area contributed by atoms with Gasteiger partial charge >= 0.3 is 0 Å². The highest BCUT2D eigenvalue weighted by Gasteiger charge is 2.16. The van der Waals surface area contributed by atoms with Gasteiger partial charge in [-0.3, -0.25) is 14.5 Å². The third kappa shape index (κ3) is 5.59. The van der Waals surface area contributed by atoms with E-state index in [0.29, 0.717) is 0 Å². The predicted octanol–water partition coefficient (Wildman–Crippen LogP) is 3.40. The molecule has 0 aliphatic carbocycles. The van der Waals surface area contributed by atoms with E-state index in [-0.39, 0.29) is 19.0 Å². The Labute approximate surface area is 157 Å². The number of hydrogen-bond donors (Lipinski definition) is 2. The Kier molecular flexibility index (Phi) is 6.63. The van der Waals surface area contributed by atoms with Crippen molar-refractivity contribution in [3.8, 4) is 0 Å². The molecule has 2 aromatic carbocycles. The van der Waals surface area contributed by atoms with Crippen molar-refractivity contribution in [2.24, 2.45) is 0 Å². The van der Waals surface area contributed by atoms with Gasteiger partial charge in [-0.2, -0.15) is 0 Å². The van der Waals surface area contributed by atoms with Crippen molar-refractivity contribution >= 4 is 23.2 Å². The predicted molar refractivity (Wildman–Crippen MR) is 102 cm³/mol. The van der Waals surface area contributed by atoms with Gasteiger partial charge in [0, 0.05) is 5.69 Å². The fourth-order valence-electron chi connectivity index (χ4n) is 2.90. The summed E-state index contributed by atoms with van der Waals surface area (Å²) in [6.45, 7) is 5.58. The number of nitrogens with one attached hydrogen (secondary N) is 2. The summed E-state index contributed by atoms with van der Waals surface area (Å²) in [4.78, 5) is 25.7. The monoisotopic (exact) mass is 375 g/mol. The number of carbonyl (C=O) groups is 2. The summed E-state index contributed by atoms with van der Waals surface area (Å²) in [5.41, 5.74) is 3.27. The van der Waals surface area contributed by atoms with Crippen LogP contribution in [-0.4, -0.2) is 36.9 Å². The molecule has 2 amide bonds. The maximum absolute atomic E-state index is 13.6. The number of hydrogen-bond acceptors (Lipinski definition) is 3. The van der Waals surface area contributed by atoms with Crippen molar-refractivity contribution in [2.75, 3.05) is 30.8 Å². The van der Waals surface area contributed by atoms with Crippen molar-refractivity contribution in [1.29, 1.82) is 0 Å². The normalized spacial score (nSPS) is 10.8. The zero-order valence-corrected chi connectivity index (χ0v) is 15.8. The minimum absolute atomic E-state index is 0.0417. The Hall–Kier alpha value is -2.80. The third-order valence-electron chi connectivity index (χ3n) is 4.00. The zero-order chi connectivity index (χ0) is 20.1. The van der Waals surface area contributed by atoms with E-state index in [9.17, 15) is 18.4 Å². The second-order valence-electron chi connectivity index (χ2n) is 6.64. The lowest BCUT2D eigenvalue weighted by atomic mass is 10.1. The first-order chi connectivity index (χ1) is 12.7. The summed E-state index contributed by atoms with van der Waals surface area (Å²) < 4.78 is 27.1. The van der Waals surface area contributed by atoms with Gasteiger partial charge in [-0.15, -0.1) is 0 Å². The van der Waals surface area contributed by atoms with Gasteiger partial charge in [-0.25, -0.2) is 8.78 Å². The average Bonchev–Trinajstić information content (AvgIpc) is 2.54. The van der Waals surface area contributed by atoms with E-state index < -0.39 is 23.2 Å². The molecule has 0 unspecified atom stereocenters. The molecule has 0 aromatic heterocycles. The van der Waals surface area contributed by atoms with Crippen LogP contribution in [0.5, 0.6) is 0 Å². The quantitative estimate of drug-likeness (QED) is 0.814. The van der Waals surface area contributed by atoms with E-state index in [0.717, 1.165) is 34.5 Å². The van der Waals surface area contributed by atoms with Crippen LogP contribution in [0.1, 0.15) is 16.7 Å². The Bertz CT molecular complexity index is 825. The summed E-state index contributed by atoms with van der Waals surface area (Å²) in [7, 11) is 1.58. The molecule has 0 saturated heterocycles. The smallest absolute Gasteiger partial charge is 0.238 e. The van der Waals surface area contributed by atoms with Crippen molar-refractivity contribution in [3.05, 3.63) is 58.7 Å². The molecular formula is C20H23F2N3O2. The number of aryl methyl sites for hydroxylation is 3. The number of nitrogens with zero attached hydrogens (tertiary/aromatic N) is 1. The van der Waals surface area contributed by atoms with Crippen LogP contribution in [-0.2, 0) is 9.59 Å². The SMILES string of the molecule is Cc1cc(C)c(NC(=O)CN(C)CC(=O)Nc2c(F)cccc2F)c(C)c1. The van der Waals surface area contributed by atoms with Gasteiger partial charge in [0.05, 0.1) is 13.1 Å². The van der Waals surface area contributed by atoms with Gasteiger partial charge in [0.25, 0.3) is 0 Å². The van der Waals surface area contributed by atoms with E-state index in [1.165, 1.54) is 11.0 Å². The summed E-state index contributed by atoms with van der Waals surface area (Å²) in [6, 6.07) is 7.28. The lowest BCUT2D eigenvalue weighted by Gasteiger charge is -2.18. The topological polar surface area (TPSA) is 61.4 Å². The standard InChI is InChI=1S/C20H23F2N3O2/c1-12-8-13(2)19(14(3)9-12)23-17(26)10-25(4)11-18(27)24-20-15(21)6-5-7-16(20)22/h5-9H,10-11H2,1-4H3,(H,23,26)(H,24,27). The first-order valence-corrected chi connectivity index (χ1v) is 8.47. The molecule has 0 heterocycles. The van der Waals surface area contributed by atoms with Crippen molar-refractivity contribution in [1.82, 2.24) is 4.90 Å². The van der Waals surface area contributed by atoms with Crippen LogP contribution in [0, 0.1) is 32.4 Å². The van der Waals surface area contributed by atoms with Gasteiger partial charge < -0.3 is 10.6 Å². The number of amides is 2. The van der Waals surface area contributed by atoms with Crippen LogP contribution in [0.3, 0.4) is 0 Å². The Balaban J connectivity index is 1.92. The molecule has 144 valence electrons. The summed E-state index contributed by atoms with van der Waals surface area (Å²) >= 11 is 0. The number of likely N-dealkylation sites (N-methyl/N-ethyl adjacent to an activating group) is 1. The van der Waals surface area contributed by atoms with Crippen LogP contribution in [0.2, 0.25) is 0 Å². The van der Waals surface area contributed by atoms with E-state index in [4.69, 9.17) is 0 Å². The van der Waals surface area contributed by atoms with E-state index in [2.05, 4.69) is 10.6 Å². The fraction of sp³-hybridized carbons (Fsp3) is 0.300. The maximum atomic E-state index is 13.6. The Morgan fingerprint density at radius 1 is 0.889 bits per heavy atom. The van der Waals surface area contributed by atoms with Gasteiger partial charge in [0.2, 0.25) is 11.8 Å². The van der Waals surface area contributed by atoms with Crippen LogP contribution in [0.25, 0.3) is 0 Å². The molecule has 0 bridgehead atoms. The molecule has 0 aliphatic heterocycles. The van der Waals surface area contributed by atoms with Crippen molar-refractivity contribution in [2.45, 2.75) is 20.8 Å². The molecule has 0 saturated carbocycles. The Morgan fingerprint density at radius 2 is 1.33 bits per heavy atom. The molecule has 27 heavy (non-hydrogen) atoms. The molecule has 0 spiro atoms. The summed E-state index contributed by atoms with van der Waals surface area (Å²) in [5.74, 6) is -2.60. The number of rotatable bonds is 6. The number of carbonyl (C=O) groups excluding carboxylic acids is 2. The number of benzene rings is 2. The van der Waals surface area contributed by atoms with Crippen LogP contribution >= 0.6 is 0 Å².